The van der Waals surface area contributed by atoms with Gasteiger partial charge < -0.3 is 5.11 Å². The van der Waals surface area contributed by atoms with Gasteiger partial charge in [-0.2, -0.15) is 0 Å². The van der Waals surface area contributed by atoms with Crippen LogP contribution in [0.25, 0.3) is 0 Å². The molecule has 1 aliphatic carbocycles. The molecular weight excluding hydrogens is 640 g/mol. The molecule has 6 rings (SSSR count). The van der Waals surface area contributed by atoms with Crippen molar-refractivity contribution in [3.8, 4) is 0 Å². The van der Waals surface area contributed by atoms with Crippen LogP contribution in [0.1, 0.15) is 53.4 Å². The average molecular weight is 672 g/mol. The maximum atomic E-state index is 14.9. The van der Waals surface area contributed by atoms with E-state index in [0.717, 1.165) is 0 Å². The minimum absolute atomic E-state index is 0.243. The van der Waals surface area contributed by atoms with Gasteiger partial charge >= 0.3 is 0 Å². The summed E-state index contributed by atoms with van der Waals surface area (Å²) in [6.07, 6.45) is -0.243. The van der Waals surface area contributed by atoms with Crippen LogP contribution >= 0.6 is 15.9 Å². The van der Waals surface area contributed by atoms with Crippen LogP contribution in [0.3, 0.4) is 0 Å². The van der Waals surface area contributed by atoms with Gasteiger partial charge in [0, 0.05) is 44.5 Å². The van der Waals surface area contributed by atoms with Gasteiger partial charge in [-0.25, -0.2) is 0 Å². The predicted octanol–water partition coefficient (Wildman–Crippen LogP) is 8.04. The van der Waals surface area contributed by atoms with E-state index >= 15 is 0 Å². The van der Waals surface area contributed by atoms with Gasteiger partial charge in [0.25, 0.3) is 0 Å². The molecule has 0 unspecified atom stereocenters. The highest BCUT2D eigenvalue weighted by atomic mass is 79.9. The molecule has 5 atom stereocenters. The largest absolute Gasteiger partial charge is 0.384 e. The maximum absolute atomic E-state index is 14.9. The molecule has 1 saturated carbocycles. The Hall–Kier alpha value is -4.78. The minimum atomic E-state index is -1.97. The number of aliphatic hydroxyl groups is 1. The van der Waals surface area contributed by atoms with E-state index in [1.165, 1.54) is 0 Å². The fourth-order valence-corrected chi connectivity index (χ4v) is 7.38. The number of ketones is 4. The number of hydrogen-bond donors (Lipinski definition) is 1. The summed E-state index contributed by atoms with van der Waals surface area (Å²) in [5.41, 5.74) is -0.345. The summed E-state index contributed by atoms with van der Waals surface area (Å²) in [7, 11) is 0. The van der Waals surface area contributed by atoms with Crippen LogP contribution in [0.2, 0.25) is 0 Å². The summed E-state index contributed by atoms with van der Waals surface area (Å²) in [4.78, 5) is 59.0. The minimum Gasteiger partial charge on any atom is -0.384 e. The van der Waals surface area contributed by atoms with Crippen molar-refractivity contribution in [3.05, 3.63) is 178 Å². The number of carbonyl (C=O) groups excluding carboxylic acids is 4. The molecule has 5 nitrogen and oxygen atoms in total. The van der Waals surface area contributed by atoms with Crippen molar-refractivity contribution in [2.45, 2.75) is 12.0 Å². The van der Waals surface area contributed by atoms with Gasteiger partial charge in [-0.15, -0.1) is 0 Å². The third-order valence-corrected chi connectivity index (χ3v) is 9.73. The van der Waals surface area contributed by atoms with Gasteiger partial charge in [-0.05, 0) is 18.1 Å². The van der Waals surface area contributed by atoms with Crippen LogP contribution in [0.15, 0.2) is 150 Å². The first-order valence-electron chi connectivity index (χ1n) is 15.2. The Balaban J connectivity index is 1.65. The third kappa shape index (κ3) is 5.82. The van der Waals surface area contributed by atoms with Crippen LogP contribution < -0.4 is 0 Å². The van der Waals surface area contributed by atoms with Crippen molar-refractivity contribution in [3.63, 3.8) is 0 Å². The number of Topliss-reactive ketones (excluding diaryl/α,β-unsaturated/α-hetero) is 4. The van der Waals surface area contributed by atoms with Gasteiger partial charge in [-0.3, -0.25) is 19.2 Å². The second kappa shape index (κ2) is 13.3. The lowest BCUT2D eigenvalue weighted by Gasteiger charge is -2.50. The van der Waals surface area contributed by atoms with Crippen molar-refractivity contribution >= 4 is 39.1 Å². The van der Waals surface area contributed by atoms with E-state index in [9.17, 15) is 24.3 Å². The van der Waals surface area contributed by atoms with Crippen molar-refractivity contribution < 1.29 is 24.3 Å². The molecule has 0 aliphatic heterocycles. The highest BCUT2D eigenvalue weighted by Crippen LogP contribution is 2.54. The molecule has 1 N–H and O–H groups in total. The van der Waals surface area contributed by atoms with Gasteiger partial charge in [0.2, 0.25) is 0 Å². The summed E-state index contributed by atoms with van der Waals surface area (Å²) < 4.78 is 0.506. The Morgan fingerprint density at radius 2 is 0.957 bits per heavy atom. The van der Waals surface area contributed by atoms with Gasteiger partial charge in [0.15, 0.2) is 23.1 Å². The molecule has 0 saturated heterocycles. The summed E-state index contributed by atoms with van der Waals surface area (Å²) in [6, 6.07) is 41.1. The Bertz CT molecular complexity index is 1870. The first kappa shape index (κ1) is 31.2. The van der Waals surface area contributed by atoms with Crippen LogP contribution in [0, 0.1) is 23.7 Å². The first-order chi connectivity index (χ1) is 22.3. The van der Waals surface area contributed by atoms with E-state index in [0.29, 0.717) is 26.7 Å². The lowest BCUT2D eigenvalue weighted by molar-refractivity contribution is -0.0846. The second-order valence-electron chi connectivity index (χ2n) is 11.7. The van der Waals surface area contributed by atoms with Crippen LogP contribution in [-0.2, 0) is 5.60 Å². The zero-order chi connectivity index (χ0) is 32.3. The number of hydrogen-bond acceptors (Lipinski definition) is 5. The van der Waals surface area contributed by atoms with E-state index in [1.807, 2.05) is 0 Å². The van der Waals surface area contributed by atoms with Gasteiger partial charge in [0.05, 0.1) is 5.92 Å². The molecule has 0 aromatic heterocycles. The summed E-state index contributed by atoms with van der Waals surface area (Å²) in [5, 5.41) is 12.9. The van der Waals surface area contributed by atoms with E-state index in [1.54, 1.807) is 146 Å². The SMILES string of the molecule is O=C(c1ccccc1)[C@@H]1[C@H](C(=O)c2ccccc2Br)[C@H](C(=O)c2ccccc2)C[C@](O)(c2ccccc2)[C@@H]1C(=O)c1ccccc1. The number of carbonyl (C=O) groups is 4. The van der Waals surface area contributed by atoms with Crippen molar-refractivity contribution in [1.29, 1.82) is 0 Å². The van der Waals surface area contributed by atoms with Gasteiger partial charge in [-0.1, -0.05) is 155 Å². The standard InChI is InChI=1S/C40H31BrO5/c41-32-24-14-13-23-30(32)39(45)33-31(36(42)26-15-5-1-6-16-26)25-40(46,29-21-11-4-12-22-29)35(38(44)28-19-9-3-10-20-28)34(33)37(43)27-17-7-2-8-18-27/h1-24,31,33-35,46H,25H2/t31-,33-,34-,35+,40+/m1/s1. The molecule has 0 bridgehead atoms. The van der Waals surface area contributed by atoms with Crippen molar-refractivity contribution in [1.82, 2.24) is 0 Å². The monoisotopic (exact) mass is 670 g/mol. The number of halogens is 1. The summed E-state index contributed by atoms with van der Waals surface area (Å²) in [5.74, 6) is -6.95. The molecule has 46 heavy (non-hydrogen) atoms. The third-order valence-electron chi connectivity index (χ3n) is 9.04. The topological polar surface area (TPSA) is 88.5 Å². The quantitative estimate of drug-likeness (QED) is 0.160. The lowest BCUT2D eigenvalue weighted by Crippen LogP contribution is -2.58. The smallest absolute Gasteiger partial charge is 0.169 e. The Kier molecular flexibility index (Phi) is 9.02. The zero-order valence-electron chi connectivity index (χ0n) is 24.8. The number of rotatable bonds is 9. The van der Waals surface area contributed by atoms with E-state index in [-0.39, 0.29) is 17.8 Å². The Morgan fingerprint density at radius 1 is 0.522 bits per heavy atom. The van der Waals surface area contributed by atoms with Crippen LogP contribution in [0.5, 0.6) is 0 Å². The van der Waals surface area contributed by atoms with E-state index < -0.39 is 46.6 Å². The van der Waals surface area contributed by atoms with E-state index in [2.05, 4.69) is 15.9 Å². The molecule has 0 amide bonds. The summed E-state index contributed by atoms with van der Waals surface area (Å²) in [6.45, 7) is 0. The lowest BCUT2D eigenvalue weighted by atomic mass is 9.52. The Labute approximate surface area is 276 Å². The molecule has 0 spiro atoms. The van der Waals surface area contributed by atoms with Crippen LogP contribution in [0.4, 0.5) is 0 Å². The number of benzene rings is 5. The van der Waals surface area contributed by atoms with Crippen LogP contribution in [-0.4, -0.2) is 28.2 Å². The van der Waals surface area contributed by atoms with Gasteiger partial charge in [0.1, 0.15) is 5.60 Å². The Morgan fingerprint density at radius 3 is 1.48 bits per heavy atom. The maximum Gasteiger partial charge on any atom is 0.169 e. The zero-order valence-corrected chi connectivity index (χ0v) is 26.4. The molecule has 0 radical (unpaired) electrons. The van der Waals surface area contributed by atoms with Crippen molar-refractivity contribution in [2.75, 3.05) is 0 Å². The molecule has 5 aromatic rings. The summed E-state index contributed by atoms with van der Waals surface area (Å²) >= 11 is 3.50. The highest BCUT2D eigenvalue weighted by Gasteiger charge is 2.61. The molecule has 5 aromatic carbocycles. The molecule has 6 heteroatoms. The molecule has 228 valence electrons. The molecular formula is C40H31BrO5. The fourth-order valence-electron chi connectivity index (χ4n) is 6.90. The molecule has 0 heterocycles. The average Bonchev–Trinajstić information content (AvgIpc) is 3.11. The first-order valence-corrected chi connectivity index (χ1v) is 15.9. The highest BCUT2D eigenvalue weighted by molar-refractivity contribution is 9.10. The van der Waals surface area contributed by atoms with Crippen molar-refractivity contribution in [2.24, 2.45) is 23.7 Å². The fraction of sp³-hybridized carbons (Fsp3) is 0.150. The molecule has 1 fully saturated rings. The molecule has 1 aliphatic rings. The van der Waals surface area contributed by atoms with E-state index in [4.69, 9.17) is 0 Å². The predicted molar refractivity (Wildman–Crippen MR) is 180 cm³/mol. The normalized spacial score (nSPS) is 22.5. The second-order valence-corrected chi connectivity index (χ2v) is 12.5.